The lowest BCUT2D eigenvalue weighted by atomic mass is 10.1. The van der Waals surface area contributed by atoms with Crippen molar-refractivity contribution in [3.05, 3.63) is 23.0 Å². The number of aldehydes is 1. The minimum atomic E-state index is -2.77. The zero-order chi connectivity index (χ0) is 10.7. The van der Waals surface area contributed by atoms with Crippen molar-refractivity contribution in [3.8, 4) is 0 Å². The van der Waals surface area contributed by atoms with Gasteiger partial charge in [-0.05, 0) is 11.6 Å². The molecule has 6 heteroatoms. The predicted molar refractivity (Wildman–Crippen MR) is 51.6 cm³/mol. The van der Waals surface area contributed by atoms with Crippen molar-refractivity contribution in [3.63, 3.8) is 0 Å². The standard InChI is InChI=1S/C8H7BrF2N2O/c9-2-4-1-5(3-14)13-7(6(4)12)8(10)11/h1,3,8H,2,12H2. The third-order valence-corrected chi connectivity index (χ3v) is 2.27. The molecule has 1 aromatic heterocycles. The van der Waals surface area contributed by atoms with Gasteiger partial charge < -0.3 is 5.73 Å². The molecule has 14 heavy (non-hydrogen) atoms. The quantitative estimate of drug-likeness (QED) is 0.674. The second-order valence-electron chi connectivity index (χ2n) is 2.56. The van der Waals surface area contributed by atoms with Crippen LogP contribution in [-0.4, -0.2) is 11.3 Å². The fourth-order valence-corrected chi connectivity index (χ4v) is 1.45. The molecule has 3 nitrogen and oxygen atoms in total. The van der Waals surface area contributed by atoms with Crippen LogP contribution in [0.2, 0.25) is 0 Å². The van der Waals surface area contributed by atoms with Gasteiger partial charge in [-0.15, -0.1) is 0 Å². The van der Waals surface area contributed by atoms with Gasteiger partial charge in [0.2, 0.25) is 0 Å². The second kappa shape index (κ2) is 4.45. The maximum Gasteiger partial charge on any atom is 0.282 e. The van der Waals surface area contributed by atoms with E-state index in [2.05, 4.69) is 20.9 Å². The van der Waals surface area contributed by atoms with Crippen molar-refractivity contribution >= 4 is 27.9 Å². The van der Waals surface area contributed by atoms with E-state index in [0.29, 0.717) is 17.2 Å². The fourth-order valence-electron chi connectivity index (χ4n) is 0.990. The first-order valence-electron chi connectivity index (χ1n) is 3.68. The normalized spacial score (nSPS) is 10.6. The SMILES string of the molecule is Nc1c(CBr)cc(C=O)nc1C(F)F. The zero-order valence-electron chi connectivity index (χ0n) is 7.01. The largest absolute Gasteiger partial charge is 0.397 e. The smallest absolute Gasteiger partial charge is 0.282 e. The number of carbonyl (C=O) groups excluding carboxylic acids is 1. The number of nitrogens with two attached hydrogens (primary N) is 1. The number of hydrogen-bond donors (Lipinski definition) is 1. The number of nitrogen functional groups attached to an aromatic ring is 1. The average Bonchev–Trinajstić information content (AvgIpc) is 2.17. The van der Waals surface area contributed by atoms with E-state index in [9.17, 15) is 13.6 Å². The van der Waals surface area contributed by atoms with Gasteiger partial charge in [-0.1, -0.05) is 15.9 Å². The highest BCUT2D eigenvalue weighted by Gasteiger charge is 2.17. The summed E-state index contributed by atoms with van der Waals surface area (Å²) in [6, 6.07) is 1.38. The Morgan fingerprint density at radius 2 is 2.29 bits per heavy atom. The van der Waals surface area contributed by atoms with Crippen molar-refractivity contribution in [2.24, 2.45) is 0 Å². The molecule has 0 aliphatic heterocycles. The summed E-state index contributed by atoms with van der Waals surface area (Å²) in [4.78, 5) is 13.8. The molecule has 0 aliphatic rings. The number of alkyl halides is 3. The summed E-state index contributed by atoms with van der Waals surface area (Å²) in [5.41, 5.74) is 5.23. The van der Waals surface area contributed by atoms with Crippen LogP contribution in [-0.2, 0) is 5.33 Å². The van der Waals surface area contributed by atoms with E-state index in [1.165, 1.54) is 6.07 Å². The fraction of sp³-hybridized carbons (Fsp3) is 0.250. The molecule has 0 saturated heterocycles. The highest BCUT2D eigenvalue weighted by Crippen LogP contribution is 2.27. The maximum absolute atomic E-state index is 12.4. The van der Waals surface area contributed by atoms with Gasteiger partial charge in [0.15, 0.2) is 6.29 Å². The topological polar surface area (TPSA) is 56.0 Å². The van der Waals surface area contributed by atoms with Gasteiger partial charge in [0.25, 0.3) is 6.43 Å². The van der Waals surface area contributed by atoms with Crippen LogP contribution in [0.3, 0.4) is 0 Å². The summed E-state index contributed by atoms with van der Waals surface area (Å²) in [5.74, 6) is 0. The van der Waals surface area contributed by atoms with Gasteiger partial charge >= 0.3 is 0 Å². The minimum absolute atomic E-state index is 0.0380. The van der Waals surface area contributed by atoms with E-state index < -0.39 is 12.1 Å². The number of anilines is 1. The molecule has 0 unspecified atom stereocenters. The van der Waals surface area contributed by atoms with Crippen molar-refractivity contribution < 1.29 is 13.6 Å². The van der Waals surface area contributed by atoms with Crippen molar-refractivity contribution in [2.45, 2.75) is 11.8 Å². The molecule has 0 saturated carbocycles. The summed E-state index contributed by atoms with van der Waals surface area (Å²) in [5, 5.41) is 0.307. The molecule has 0 aromatic carbocycles. The highest BCUT2D eigenvalue weighted by molar-refractivity contribution is 9.08. The molecule has 1 rings (SSSR count). The number of rotatable bonds is 3. The van der Waals surface area contributed by atoms with Gasteiger partial charge in [0.1, 0.15) is 11.4 Å². The van der Waals surface area contributed by atoms with Crippen LogP contribution < -0.4 is 5.73 Å². The molecule has 0 radical (unpaired) electrons. The number of pyridine rings is 1. The Bertz CT molecular complexity index is 357. The lowest BCUT2D eigenvalue weighted by Crippen LogP contribution is -2.05. The van der Waals surface area contributed by atoms with E-state index in [4.69, 9.17) is 5.73 Å². The Kier molecular flexibility index (Phi) is 3.51. The molecule has 0 amide bonds. The monoisotopic (exact) mass is 264 g/mol. The minimum Gasteiger partial charge on any atom is -0.397 e. The third kappa shape index (κ3) is 2.06. The Morgan fingerprint density at radius 3 is 2.71 bits per heavy atom. The Hall–Kier alpha value is -1.04. The molecular weight excluding hydrogens is 258 g/mol. The van der Waals surface area contributed by atoms with Crippen LogP contribution in [0.25, 0.3) is 0 Å². The predicted octanol–water partition coefficient (Wildman–Crippen LogP) is 2.31. The van der Waals surface area contributed by atoms with E-state index in [-0.39, 0.29) is 11.4 Å². The number of carbonyl (C=O) groups is 1. The molecule has 2 N–H and O–H groups in total. The van der Waals surface area contributed by atoms with Gasteiger partial charge in [-0.3, -0.25) is 4.79 Å². The summed E-state index contributed by atoms with van der Waals surface area (Å²) in [7, 11) is 0. The molecule has 76 valence electrons. The van der Waals surface area contributed by atoms with Crippen LogP contribution in [0.4, 0.5) is 14.5 Å². The Balaban J connectivity index is 3.34. The number of aromatic nitrogens is 1. The van der Waals surface area contributed by atoms with Crippen molar-refractivity contribution in [1.29, 1.82) is 0 Å². The first-order valence-corrected chi connectivity index (χ1v) is 4.81. The van der Waals surface area contributed by atoms with E-state index in [1.54, 1.807) is 0 Å². The van der Waals surface area contributed by atoms with E-state index >= 15 is 0 Å². The van der Waals surface area contributed by atoms with Crippen LogP contribution in [0.15, 0.2) is 6.07 Å². The highest BCUT2D eigenvalue weighted by atomic mass is 79.9. The first kappa shape index (κ1) is 11.0. The average molecular weight is 265 g/mol. The summed E-state index contributed by atoms with van der Waals surface area (Å²) in [6.45, 7) is 0. The Labute approximate surface area is 87.4 Å². The van der Waals surface area contributed by atoms with Gasteiger partial charge in [-0.2, -0.15) is 0 Å². The van der Waals surface area contributed by atoms with Crippen molar-refractivity contribution in [2.75, 3.05) is 5.73 Å². The lowest BCUT2D eigenvalue weighted by molar-refractivity contribution is 0.111. The molecule has 1 heterocycles. The van der Waals surface area contributed by atoms with E-state index in [1.807, 2.05) is 0 Å². The number of hydrogen-bond acceptors (Lipinski definition) is 3. The summed E-state index contributed by atoms with van der Waals surface area (Å²) >= 11 is 3.09. The lowest BCUT2D eigenvalue weighted by Gasteiger charge is -2.08. The van der Waals surface area contributed by atoms with E-state index in [0.717, 1.165) is 0 Å². The van der Waals surface area contributed by atoms with Crippen LogP contribution in [0, 0.1) is 0 Å². The molecule has 0 fully saturated rings. The molecule has 1 aromatic rings. The van der Waals surface area contributed by atoms with Crippen LogP contribution in [0.5, 0.6) is 0 Å². The first-order chi connectivity index (χ1) is 6.60. The second-order valence-corrected chi connectivity index (χ2v) is 3.12. The molecule has 0 aliphatic carbocycles. The third-order valence-electron chi connectivity index (χ3n) is 1.66. The maximum atomic E-state index is 12.4. The number of halogens is 3. The summed E-state index contributed by atoms with van der Waals surface area (Å²) in [6.07, 6.45) is -2.36. The zero-order valence-corrected chi connectivity index (χ0v) is 8.59. The molecule has 0 bridgehead atoms. The Morgan fingerprint density at radius 1 is 1.64 bits per heavy atom. The molecular formula is C8H7BrF2N2O. The van der Waals surface area contributed by atoms with Gasteiger partial charge in [-0.25, -0.2) is 13.8 Å². The van der Waals surface area contributed by atoms with Gasteiger partial charge in [0, 0.05) is 5.33 Å². The molecule has 0 atom stereocenters. The van der Waals surface area contributed by atoms with Crippen LogP contribution >= 0.6 is 15.9 Å². The summed E-state index contributed by atoms with van der Waals surface area (Å²) < 4.78 is 24.8. The number of nitrogens with zero attached hydrogens (tertiary/aromatic N) is 1. The van der Waals surface area contributed by atoms with Crippen molar-refractivity contribution in [1.82, 2.24) is 4.98 Å². The van der Waals surface area contributed by atoms with Gasteiger partial charge in [0.05, 0.1) is 5.69 Å². The van der Waals surface area contributed by atoms with Crippen LogP contribution in [0.1, 0.15) is 28.2 Å². The molecule has 0 spiro atoms.